The van der Waals surface area contributed by atoms with Gasteiger partial charge in [-0.05, 0) is 26.0 Å². The maximum Gasteiger partial charge on any atom is 0.340 e. The molecular weight excluding hydrogens is 262 g/mol. The highest BCUT2D eigenvalue weighted by Crippen LogP contribution is 2.04. The van der Waals surface area contributed by atoms with Crippen molar-refractivity contribution < 1.29 is 19.4 Å². The van der Waals surface area contributed by atoms with E-state index in [0.29, 0.717) is 5.69 Å². The third-order valence-electron chi connectivity index (χ3n) is 2.27. The quantitative estimate of drug-likeness (QED) is 0.427. The molecule has 7 heteroatoms. The number of anilines is 1. The molecule has 0 heterocycles. The molecule has 0 aliphatic carbocycles. The molecule has 1 aromatic rings. The number of hydrogen-bond acceptors (Lipinski definition) is 5. The minimum Gasteiger partial charge on any atom is -0.464 e. The minimum atomic E-state index is -1.49. The van der Waals surface area contributed by atoms with Gasteiger partial charge in [-0.25, -0.2) is 15.0 Å². The van der Waals surface area contributed by atoms with Crippen molar-refractivity contribution in [1.82, 2.24) is 5.43 Å². The first-order valence-corrected chi connectivity index (χ1v) is 6.05. The second-order valence-corrected chi connectivity index (χ2v) is 3.84. The molecule has 1 aromatic carbocycles. The maximum atomic E-state index is 11.5. The third-order valence-corrected chi connectivity index (χ3v) is 2.27. The highest BCUT2D eigenvalue weighted by Gasteiger charge is 2.19. The molecule has 2 amide bonds. The van der Waals surface area contributed by atoms with E-state index >= 15 is 0 Å². The lowest BCUT2D eigenvalue weighted by Crippen LogP contribution is -2.33. The van der Waals surface area contributed by atoms with Gasteiger partial charge in [-0.1, -0.05) is 18.2 Å². The summed E-state index contributed by atoms with van der Waals surface area (Å²) in [6.45, 7) is 3.19. The molecule has 1 unspecified atom stereocenters. The van der Waals surface area contributed by atoms with Crippen LogP contribution in [0.25, 0.3) is 0 Å². The molecule has 0 spiro atoms. The van der Waals surface area contributed by atoms with E-state index in [2.05, 4.69) is 20.6 Å². The van der Waals surface area contributed by atoms with Crippen LogP contribution in [0.15, 0.2) is 35.4 Å². The summed E-state index contributed by atoms with van der Waals surface area (Å²) in [5, 5.41) is 15.7. The summed E-state index contributed by atoms with van der Waals surface area (Å²) in [5.74, 6) is -0.806. The summed E-state index contributed by atoms with van der Waals surface area (Å²) in [4.78, 5) is 22.7. The normalized spacial score (nSPS) is 12.4. The first-order chi connectivity index (χ1) is 9.54. The summed E-state index contributed by atoms with van der Waals surface area (Å²) in [7, 11) is 0. The number of carbonyl (C=O) groups excluding carboxylic acids is 2. The molecule has 0 fully saturated rings. The van der Waals surface area contributed by atoms with Crippen molar-refractivity contribution in [3.05, 3.63) is 30.3 Å². The van der Waals surface area contributed by atoms with E-state index in [1.165, 1.54) is 6.92 Å². The summed E-state index contributed by atoms with van der Waals surface area (Å²) in [6, 6.07) is 8.21. The fraction of sp³-hybridized carbons (Fsp3) is 0.308. The van der Waals surface area contributed by atoms with Crippen LogP contribution < -0.4 is 10.7 Å². The average molecular weight is 279 g/mol. The molecule has 0 radical (unpaired) electrons. The summed E-state index contributed by atoms with van der Waals surface area (Å²) < 4.78 is 4.63. The Morgan fingerprint density at radius 1 is 1.35 bits per heavy atom. The van der Waals surface area contributed by atoms with E-state index < -0.39 is 18.1 Å². The van der Waals surface area contributed by atoms with Crippen LogP contribution in [0.4, 0.5) is 10.5 Å². The Kier molecular flexibility index (Phi) is 6.18. The van der Waals surface area contributed by atoms with Crippen LogP contribution in [0.1, 0.15) is 13.8 Å². The number of hydrogen-bond donors (Lipinski definition) is 3. The van der Waals surface area contributed by atoms with Crippen molar-refractivity contribution in [2.45, 2.75) is 20.0 Å². The molecule has 0 saturated heterocycles. The Morgan fingerprint density at radius 2 is 2.00 bits per heavy atom. The van der Waals surface area contributed by atoms with Gasteiger partial charge in [0.2, 0.25) is 0 Å². The van der Waals surface area contributed by atoms with Crippen LogP contribution in [-0.2, 0) is 9.53 Å². The smallest absolute Gasteiger partial charge is 0.340 e. The number of carbonyl (C=O) groups is 2. The van der Waals surface area contributed by atoms with Crippen LogP contribution in [0.5, 0.6) is 0 Å². The predicted octanol–water partition coefficient (Wildman–Crippen LogP) is 1.11. The van der Waals surface area contributed by atoms with Crippen molar-refractivity contribution in [3.8, 4) is 0 Å². The Morgan fingerprint density at radius 3 is 2.60 bits per heavy atom. The fourth-order valence-corrected chi connectivity index (χ4v) is 1.27. The zero-order valence-electron chi connectivity index (χ0n) is 11.3. The Hall–Kier alpha value is -2.41. The summed E-state index contributed by atoms with van der Waals surface area (Å²) in [5.41, 5.74) is 2.81. The van der Waals surface area contributed by atoms with Gasteiger partial charge in [0.05, 0.1) is 12.3 Å². The Labute approximate surface area is 116 Å². The third kappa shape index (κ3) is 5.07. The van der Waals surface area contributed by atoms with Gasteiger partial charge in [-0.3, -0.25) is 0 Å². The van der Waals surface area contributed by atoms with Gasteiger partial charge in [0.1, 0.15) is 0 Å². The van der Waals surface area contributed by atoms with Crippen LogP contribution in [0.2, 0.25) is 0 Å². The van der Waals surface area contributed by atoms with Crippen LogP contribution in [-0.4, -0.2) is 35.5 Å². The van der Waals surface area contributed by atoms with Gasteiger partial charge in [0.15, 0.2) is 6.10 Å². The monoisotopic (exact) mass is 279 g/mol. The van der Waals surface area contributed by atoms with Gasteiger partial charge >= 0.3 is 12.0 Å². The van der Waals surface area contributed by atoms with Crippen LogP contribution in [0.3, 0.4) is 0 Å². The first-order valence-electron chi connectivity index (χ1n) is 6.05. The highest BCUT2D eigenvalue weighted by molar-refractivity contribution is 6.04. The van der Waals surface area contributed by atoms with Crippen molar-refractivity contribution in [3.63, 3.8) is 0 Å². The van der Waals surface area contributed by atoms with E-state index in [1.807, 2.05) is 6.07 Å². The van der Waals surface area contributed by atoms with E-state index in [1.54, 1.807) is 31.2 Å². The highest BCUT2D eigenvalue weighted by atomic mass is 16.5. The minimum absolute atomic E-state index is 0.0339. The second-order valence-electron chi connectivity index (χ2n) is 3.84. The second kappa shape index (κ2) is 7.90. The number of esters is 1. The summed E-state index contributed by atoms with van der Waals surface area (Å²) in [6.07, 6.45) is -1.49. The lowest BCUT2D eigenvalue weighted by molar-refractivity contribution is -0.149. The van der Waals surface area contributed by atoms with Gasteiger partial charge in [0, 0.05) is 5.69 Å². The van der Waals surface area contributed by atoms with E-state index in [-0.39, 0.29) is 12.3 Å². The molecule has 7 nitrogen and oxygen atoms in total. The van der Waals surface area contributed by atoms with Gasteiger partial charge in [-0.2, -0.15) is 5.10 Å². The number of para-hydroxylation sites is 1. The number of ether oxygens (including phenoxy) is 1. The van der Waals surface area contributed by atoms with Crippen molar-refractivity contribution in [1.29, 1.82) is 0 Å². The molecule has 3 N–H and O–H groups in total. The molecule has 108 valence electrons. The molecule has 0 saturated carbocycles. The Balaban J connectivity index is 2.50. The SMILES string of the molecule is CCOC(=O)C(O)/C(C)=N/NC(=O)Nc1ccccc1. The zero-order valence-corrected chi connectivity index (χ0v) is 11.3. The largest absolute Gasteiger partial charge is 0.464 e. The van der Waals surface area contributed by atoms with E-state index in [4.69, 9.17) is 0 Å². The van der Waals surface area contributed by atoms with Crippen LogP contribution >= 0.6 is 0 Å². The van der Waals surface area contributed by atoms with Crippen molar-refractivity contribution >= 4 is 23.4 Å². The number of aliphatic hydroxyl groups is 1. The Bertz CT molecular complexity index is 488. The lowest BCUT2D eigenvalue weighted by Gasteiger charge is -2.09. The molecule has 0 bridgehead atoms. The van der Waals surface area contributed by atoms with Gasteiger partial charge in [0.25, 0.3) is 0 Å². The first kappa shape index (κ1) is 15.6. The number of aliphatic hydroxyl groups excluding tert-OH is 1. The molecule has 0 aliphatic rings. The van der Waals surface area contributed by atoms with Crippen molar-refractivity contribution in [2.75, 3.05) is 11.9 Å². The number of rotatable bonds is 5. The maximum absolute atomic E-state index is 11.5. The average Bonchev–Trinajstić information content (AvgIpc) is 2.45. The predicted molar refractivity (Wildman–Crippen MR) is 74.3 cm³/mol. The molecule has 20 heavy (non-hydrogen) atoms. The lowest BCUT2D eigenvalue weighted by atomic mass is 10.2. The molecule has 1 rings (SSSR count). The van der Waals surface area contributed by atoms with Crippen molar-refractivity contribution in [2.24, 2.45) is 5.10 Å². The number of hydrazone groups is 1. The standard InChI is InChI=1S/C13H17N3O4/c1-3-20-12(18)11(17)9(2)15-16-13(19)14-10-7-5-4-6-8-10/h4-8,11,17H,3H2,1-2H3,(H2,14,16,19)/b15-9+. The topological polar surface area (TPSA) is 100 Å². The van der Waals surface area contributed by atoms with Gasteiger partial charge < -0.3 is 15.2 Å². The number of nitrogens with zero attached hydrogens (tertiary/aromatic N) is 1. The molecule has 0 aliphatic heterocycles. The van der Waals surface area contributed by atoms with E-state index in [9.17, 15) is 14.7 Å². The fourth-order valence-electron chi connectivity index (χ4n) is 1.27. The number of urea groups is 1. The number of amides is 2. The number of nitrogens with one attached hydrogen (secondary N) is 2. The van der Waals surface area contributed by atoms with Gasteiger partial charge in [-0.15, -0.1) is 0 Å². The zero-order chi connectivity index (χ0) is 15.0. The van der Waals surface area contributed by atoms with E-state index in [0.717, 1.165) is 0 Å². The summed E-state index contributed by atoms with van der Waals surface area (Å²) >= 11 is 0. The molecular formula is C13H17N3O4. The van der Waals surface area contributed by atoms with Crippen LogP contribution in [0, 0.1) is 0 Å². The molecule has 1 atom stereocenters. The molecule has 0 aromatic heterocycles. The number of benzene rings is 1.